The molecule has 31 heavy (non-hydrogen) atoms. The van der Waals surface area contributed by atoms with Crippen molar-refractivity contribution in [3.8, 4) is 0 Å². The number of anilines is 1. The van der Waals surface area contributed by atoms with Gasteiger partial charge in [0, 0.05) is 50.5 Å². The van der Waals surface area contributed by atoms with E-state index in [0.717, 1.165) is 56.1 Å². The zero-order valence-electron chi connectivity index (χ0n) is 18.5. The van der Waals surface area contributed by atoms with Crippen molar-refractivity contribution in [3.63, 3.8) is 0 Å². The first-order chi connectivity index (χ1) is 15.1. The molecular formula is C27H31N3O. The van der Waals surface area contributed by atoms with Gasteiger partial charge < -0.3 is 5.32 Å². The SMILES string of the molecule is Cc1ccc(C)c(NC(=O)c2ccc(CN3CCN(Cc4ccccc4)CC3)cc2)c1. The Balaban J connectivity index is 1.28. The molecule has 4 rings (SSSR count). The molecule has 0 bridgehead atoms. The van der Waals surface area contributed by atoms with E-state index in [9.17, 15) is 4.79 Å². The van der Waals surface area contributed by atoms with Crippen LogP contribution in [-0.2, 0) is 13.1 Å². The Morgan fingerprint density at radius 1 is 0.774 bits per heavy atom. The Bertz CT molecular complexity index is 1010. The Labute approximate surface area is 185 Å². The van der Waals surface area contributed by atoms with Crippen LogP contribution in [0.4, 0.5) is 5.69 Å². The summed E-state index contributed by atoms with van der Waals surface area (Å²) in [6, 6.07) is 24.8. The third-order valence-electron chi connectivity index (χ3n) is 5.98. The van der Waals surface area contributed by atoms with Crippen LogP contribution in [0.2, 0.25) is 0 Å². The summed E-state index contributed by atoms with van der Waals surface area (Å²) in [5.74, 6) is -0.0604. The molecule has 1 saturated heterocycles. The molecule has 1 fully saturated rings. The maximum atomic E-state index is 12.6. The van der Waals surface area contributed by atoms with E-state index < -0.39 is 0 Å². The summed E-state index contributed by atoms with van der Waals surface area (Å²) in [7, 11) is 0. The molecular weight excluding hydrogens is 382 g/mol. The second-order valence-corrected chi connectivity index (χ2v) is 8.51. The van der Waals surface area contributed by atoms with Gasteiger partial charge in [-0.2, -0.15) is 0 Å². The molecule has 3 aromatic rings. The van der Waals surface area contributed by atoms with Crippen molar-refractivity contribution in [2.45, 2.75) is 26.9 Å². The number of benzene rings is 3. The standard InChI is InChI=1S/C27H31N3O/c1-21-8-9-22(2)26(18-21)28-27(31)25-12-10-24(11-13-25)20-30-16-14-29(15-17-30)19-23-6-4-3-5-7-23/h3-13,18H,14-17,19-20H2,1-2H3,(H,28,31). The molecule has 3 aromatic carbocycles. The number of carbonyl (C=O) groups excluding carboxylic acids is 1. The van der Waals surface area contributed by atoms with E-state index in [0.29, 0.717) is 5.56 Å². The lowest BCUT2D eigenvalue weighted by atomic mass is 10.1. The summed E-state index contributed by atoms with van der Waals surface area (Å²) in [6.07, 6.45) is 0. The highest BCUT2D eigenvalue weighted by atomic mass is 16.1. The van der Waals surface area contributed by atoms with E-state index in [-0.39, 0.29) is 5.91 Å². The Kier molecular flexibility index (Phi) is 6.80. The third kappa shape index (κ3) is 5.81. The number of carbonyl (C=O) groups is 1. The highest BCUT2D eigenvalue weighted by Crippen LogP contribution is 2.18. The molecule has 0 aliphatic carbocycles. The van der Waals surface area contributed by atoms with Crippen LogP contribution in [0.1, 0.15) is 32.6 Å². The smallest absolute Gasteiger partial charge is 0.255 e. The topological polar surface area (TPSA) is 35.6 Å². The van der Waals surface area contributed by atoms with Gasteiger partial charge in [0.1, 0.15) is 0 Å². The van der Waals surface area contributed by atoms with Gasteiger partial charge in [-0.1, -0.05) is 54.6 Å². The maximum Gasteiger partial charge on any atom is 0.255 e. The van der Waals surface area contributed by atoms with Gasteiger partial charge in [-0.15, -0.1) is 0 Å². The number of rotatable bonds is 6. The number of hydrogen-bond acceptors (Lipinski definition) is 3. The average Bonchev–Trinajstić information content (AvgIpc) is 2.79. The van der Waals surface area contributed by atoms with Crippen LogP contribution in [0.15, 0.2) is 72.8 Å². The molecule has 1 aliphatic rings. The highest BCUT2D eigenvalue weighted by molar-refractivity contribution is 6.04. The largest absolute Gasteiger partial charge is 0.322 e. The summed E-state index contributed by atoms with van der Waals surface area (Å²) >= 11 is 0. The molecule has 4 nitrogen and oxygen atoms in total. The van der Waals surface area contributed by atoms with Crippen molar-refractivity contribution in [1.29, 1.82) is 0 Å². The molecule has 0 radical (unpaired) electrons. The van der Waals surface area contributed by atoms with Gasteiger partial charge in [-0.05, 0) is 54.3 Å². The molecule has 0 spiro atoms. The summed E-state index contributed by atoms with van der Waals surface area (Å²) < 4.78 is 0. The van der Waals surface area contributed by atoms with E-state index in [1.165, 1.54) is 11.1 Å². The van der Waals surface area contributed by atoms with Gasteiger partial charge in [0.25, 0.3) is 5.91 Å². The monoisotopic (exact) mass is 413 g/mol. The Morgan fingerprint density at radius 2 is 1.35 bits per heavy atom. The minimum Gasteiger partial charge on any atom is -0.322 e. The van der Waals surface area contributed by atoms with Crippen LogP contribution in [0.5, 0.6) is 0 Å². The predicted octanol–water partition coefficient (Wildman–Crippen LogP) is 4.87. The minimum atomic E-state index is -0.0604. The number of aryl methyl sites for hydroxylation is 2. The first kappa shape index (κ1) is 21.3. The van der Waals surface area contributed by atoms with Crippen molar-refractivity contribution in [1.82, 2.24) is 9.80 Å². The van der Waals surface area contributed by atoms with Gasteiger partial charge in [-0.25, -0.2) is 0 Å². The van der Waals surface area contributed by atoms with Gasteiger partial charge in [0.15, 0.2) is 0 Å². The molecule has 0 saturated carbocycles. The van der Waals surface area contributed by atoms with Crippen LogP contribution >= 0.6 is 0 Å². The maximum absolute atomic E-state index is 12.6. The molecule has 160 valence electrons. The quantitative estimate of drug-likeness (QED) is 0.626. The fourth-order valence-corrected chi connectivity index (χ4v) is 4.03. The van der Waals surface area contributed by atoms with Crippen LogP contribution in [0.25, 0.3) is 0 Å². The van der Waals surface area contributed by atoms with Gasteiger partial charge in [0.05, 0.1) is 0 Å². The number of nitrogens with zero attached hydrogens (tertiary/aromatic N) is 2. The van der Waals surface area contributed by atoms with Gasteiger partial charge >= 0.3 is 0 Å². The van der Waals surface area contributed by atoms with Crippen LogP contribution in [-0.4, -0.2) is 41.9 Å². The molecule has 4 heteroatoms. The van der Waals surface area contributed by atoms with Crippen molar-refractivity contribution in [2.75, 3.05) is 31.5 Å². The average molecular weight is 414 g/mol. The number of hydrogen-bond donors (Lipinski definition) is 1. The fraction of sp³-hybridized carbons (Fsp3) is 0.296. The zero-order valence-corrected chi connectivity index (χ0v) is 18.5. The molecule has 1 heterocycles. The van der Waals surface area contributed by atoms with E-state index in [2.05, 4.69) is 63.6 Å². The number of piperazine rings is 1. The first-order valence-corrected chi connectivity index (χ1v) is 11.0. The third-order valence-corrected chi connectivity index (χ3v) is 5.98. The lowest BCUT2D eigenvalue weighted by molar-refractivity contribution is 0.102. The van der Waals surface area contributed by atoms with E-state index in [4.69, 9.17) is 0 Å². The molecule has 1 amide bonds. The van der Waals surface area contributed by atoms with Crippen LogP contribution in [0.3, 0.4) is 0 Å². The normalized spacial score (nSPS) is 15.0. The van der Waals surface area contributed by atoms with Gasteiger partial charge in [-0.3, -0.25) is 14.6 Å². The fourth-order valence-electron chi connectivity index (χ4n) is 4.03. The molecule has 1 aliphatic heterocycles. The minimum absolute atomic E-state index is 0.0604. The van der Waals surface area contributed by atoms with Crippen LogP contribution < -0.4 is 5.32 Å². The summed E-state index contributed by atoms with van der Waals surface area (Å²) in [6.45, 7) is 10.3. The molecule has 0 aromatic heterocycles. The van der Waals surface area contributed by atoms with Crippen molar-refractivity contribution in [2.24, 2.45) is 0 Å². The summed E-state index contributed by atoms with van der Waals surface area (Å²) in [4.78, 5) is 17.7. The van der Waals surface area contributed by atoms with Crippen LogP contribution in [0, 0.1) is 13.8 Å². The number of amides is 1. The van der Waals surface area contributed by atoms with Gasteiger partial charge in [0.2, 0.25) is 0 Å². The number of nitrogens with one attached hydrogen (secondary N) is 1. The second-order valence-electron chi connectivity index (χ2n) is 8.51. The second kappa shape index (κ2) is 9.90. The first-order valence-electron chi connectivity index (χ1n) is 11.0. The lowest BCUT2D eigenvalue weighted by Gasteiger charge is -2.34. The Morgan fingerprint density at radius 3 is 1.97 bits per heavy atom. The van der Waals surface area contributed by atoms with E-state index >= 15 is 0 Å². The molecule has 0 atom stereocenters. The summed E-state index contributed by atoms with van der Waals surface area (Å²) in [5, 5.41) is 3.04. The Hall–Kier alpha value is -2.95. The van der Waals surface area contributed by atoms with E-state index in [1.807, 2.05) is 38.1 Å². The van der Waals surface area contributed by atoms with Crippen molar-refractivity contribution >= 4 is 11.6 Å². The zero-order chi connectivity index (χ0) is 21.6. The molecule has 0 unspecified atom stereocenters. The lowest BCUT2D eigenvalue weighted by Crippen LogP contribution is -2.45. The highest BCUT2D eigenvalue weighted by Gasteiger charge is 2.17. The van der Waals surface area contributed by atoms with E-state index in [1.54, 1.807) is 0 Å². The molecule has 1 N–H and O–H groups in total. The summed E-state index contributed by atoms with van der Waals surface area (Å²) in [5.41, 5.74) is 6.41. The van der Waals surface area contributed by atoms with Crippen molar-refractivity contribution in [3.05, 3.63) is 101 Å². The predicted molar refractivity (Wildman–Crippen MR) is 127 cm³/mol. The van der Waals surface area contributed by atoms with Crippen molar-refractivity contribution < 1.29 is 4.79 Å².